The van der Waals surface area contributed by atoms with Gasteiger partial charge in [0, 0.05) is 13.6 Å². The van der Waals surface area contributed by atoms with E-state index in [1.807, 2.05) is 30.1 Å². The molecule has 1 aromatic carbocycles. The number of hydrogen-bond donors (Lipinski definition) is 2. The first-order chi connectivity index (χ1) is 10.1. The number of nitrogen functional groups attached to an aromatic ring is 2. The Morgan fingerprint density at radius 3 is 2.57 bits per heavy atom. The van der Waals surface area contributed by atoms with Gasteiger partial charge in [0.1, 0.15) is 5.82 Å². The molecule has 0 unspecified atom stereocenters. The monoisotopic (exact) mass is 281 g/mol. The molecular formula is C14H15N7. The highest BCUT2D eigenvalue weighted by Gasteiger charge is 2.10. The number of nitrogens with zero attached hydrogens (tertiary/aromatic N) is 5. The maximum absolute atomic E-state index is 5.83. The first-order valence-corrected chi connectivity index (χ1v) is 6.44. The average molecular weight is 281 g/mol. The van der Waals surface area contributed by atoms with E-state index in [1.165, 1.54) is 5.56 Å². The lowest BCUT2D eigenvalue weighted by Crippen LogP contribution is -2.18. The molecule has 7 heteroatoms. The topological polar surface area (TPSA) is 107 Å². The van der Waals surface area contributed by atoms with Gasteiger partial charge in [-0.15, -0.1) is 0 Å². The van der Waals surface area contributed by atoms with E-state index in [2.05, 4.69) is 32.1 Å². The Morgan fingerprint density at radius 2 is 1.81 bits per heavy atom. The first kappa shape index (κ1) is 13.0. The van der Waals surface area contributed by atoms with Crippen LogP contribution in [0.2, 0.25) is 0 Å². The van der Waals surface area contributed by atoms with Crippen molar-refractivity contribution in [2.45, 2.75) is 6.54 Å². The van der Waals surface area contributed by atoms with Gasteiger partial charge in [0.15, 0.2) is 17.0 Å². The third kappa shape index (κ3) is 2.66. The average Bonchev–Trinajstić information content (AvgIpc) is 2.47. The molecule has 3 aromatic rings. The van der Waals surface area contributed by atoms with E-state index in [0.717, 1.165) is 6.54 Å². The molecule has 7 nitrogen and oxygen atoms in total. The van der Waals surface area contributed by atoms with Crippen LogP contribution in [-0.2, 0) is 6.54 Å². The highest BCUT2D eigenvalue weighted by atomic mass is 15.2. The van der Waals surface area contributed by atoms with Crippen molar-refractivity contribution in [3.8, 4) is 0 Å². The lowest BCUT2D eigenvalue weighted by atomic mass is 10.2. The summed E-state index contributed by atoms with van der Waals surface area (Å²) < 4.78 is 0. The third-order valence-electron chi connectivity index (χ3n) is 3.09. The van der Waals surface area contributed by atoms with Gasteiger partial charge in [-0.1, -0.05) is 30.3 Å². The number of nitrogens with two attached hydrogens (primary N) is 2. The van der Waals surface area contributed by atoms with Gasteiger partial charge in [0.25, 0.3) is 0 Å². The Kier molecular flexibility index (Phi) is 3.23. The van der Waals surface area contributed by atoms with Crippen LogP contribution in [-0.4, -0.2) is 27.0 Å². The first-order valence-electron chi connectivity index (χ1n) is 6.44. The zero-order chi connectivity index (χ0) is 14.8. The summed E-state index contributed by atoms with van der Waals surface area (Å²) in [7, 11) is 1.94. The Bertz CT molecular complexity index is 773. The van der Waals surface area contributed by atoms with Crippen molar-refractivity contribution in [3.63, 3.8) is 0 Å². The highest BCUT2D eigenvalue weighted by molar-refractivity contribution is 5.82. The van der Waals surface area contributed by atoms with Crippen LogP contribution in [0.25, 0.3) is 11.2 Å². The summed E-state index contributed by atoms with van der Waals surface area (Å²) in [6, 6.07) is 10.1. The third-order valence-corrected chi connectivity index (χ3v) is 3.09. The Balaban J connectivity index is 1.93. The van der Waals surface area contributed by atoms with Crippen LogP contribution in [0, 0.1) is 0 Å². The summed E-state index contributed by atoms with van der Waals surface area (Å²) in [4.78, 5) is 18.6. The molecule has 0 amide bonds. The van der Waals surface area contributed by atoms with Crippen molar-refractivity contribution >= 4 is 28.7 Å². The van der Waals surface area contributed by atoms with Crippen molar-refractivity contribution in [2.75, 3.05) is 23.4 Å². The number of hydrogen-bond acceptors (Lipinski definition) is 7. The summed E-state index contributed by atoms with van der Waals surface area (Å²) in [6.45, 7) is 0.719. The normalized spacial score (nSPS) is 10.7. The zero-order valence-corrected chi connectivity index (χ0v) is 11.6. The van der Waals surface area contributed by atoms with Crippen LogP contribution in [0.4, 0.5) is 17.6 Å². The quantitative estimate of drug-likeness (QED) is 0.743. The molecule has 0 bridgehead atoms. The maximum Gasteiger partial charge on any atom is 0.224 e. The van der Waals surface area contributed by atoms with Crippen molar-refractivity contribution in [1.82, 2.24) is 19.9 Å². The van der Waals surface area contributed by atoms with Gasteiger partial charge in [-0.25, -0.2) is 9.97 Å². The Morgan fingerprint density at radius 1 is 1.05 bits per heavy atom. The van der Waals surface area contributed by atoms with Crippen LogP contribution in [0.5, 0.6) is 0 Å². The molecule has 0 radical (unpaired) electrons. The van der Waals surface area contributed by atoms with E-state index in [1.54, 1.807) is 6.20 Å². The fourth-order valence-electron chi connectivity index (χ4n) is 2.06. The molecule has 21 heavy (non-hydrogen) atoms. The second-order valence-corrected chi connectivity index (χ2v) is 4.71. The molecule has 0 aliphatic heterocycles. The second-order valence-electron chi connectivity index (χ2n) is 4.71. The predicted molar refractivity (Wildman–Crippen MR) is 82.5 cm³/mol. The fourth-order valence-corrected chi connectivity index (χ4v) is 2.06. The van der Waals surface area contributed by atoms with E-state index >= 15 is 0 Å². The van der Waals surface area contributed by atoms with Crippen molar-refractivity contribution in [2.24, 2.45) is 0 Å². The molecule has 0 saturated carbocycles. The molecule has 0 aliphatic rings. The van der Waals surface area contributed by atoms with Gasteiger partial charge in [-0.05, 0) is 5.56 Å². The molecule has 0 saturated heterocycles. The molecule has 0 spiro atoms. The summed E-state index contributed by atoms with van der Waals surface area (Å²) in [5.41, 5.74) is 13.4. The number of anilines is 3. The number of aromatic nitrogens is 4. The second kappa shape index (κ2) is 5.20. The molecule has 0 fully saturated rings. The van der Waals surface area contributed by atoms with Crippen molar-refractivity contribution in [1.29, 1.82) is 0 Å². The summed E-state index contributed by atoms with van der Waals surface area (Å²) in [6.07, 6.45) is 1.65. The van der Waals surface area contributed by atoms with Crippen LogP contribution in [0.3, 0.4) is 0 Å². The van der Waals surface area contributed by atoms with E-state index < -0.39 is 0 Å². The molecule has 4 N–H and O–H groups in total. The standard InChI is InChI=1S/C14H15N7/c1-21(8-9-5-3-2-4-6-9)10-7-17-13-11(18-10)12(15)19-14(16)20-13/h2-7H,8H2,1H3,(H4,15,16,17,19,20). The van der Waals surface area contributed by atoms with Gasteiger partial charge in [-0.3, -0.25) is 0 Å². The number of fused-ring (bicyclic) bond motifs is 1. The molecule has 106 valence electrons. The van der Waals surface area contributed by atoms with Gasteiger partial charge >= 0.3 is 0 Å². The predicted octanol–water partition coefficient (Wildman–Crippen LogP) is 1.22. The molecule has 0 atom stereocenters. The van der Waals surface area contributed by atoms with Crippen molar-refractivity contribution in [3.05, 3.63) is 42.1 Å². The number of benzene rings is 1. The largest absolute Gasteiger partial charge is 0.382 e. The van der Waals surface area contributed by atoms with E-state index in [4.69, 9.17) is 11.5 Å². The molecule has 2 heterocycles. The lowest BCUT2D eigenvalue weighted by Gasteiger charge is -2.18. The van der Waals surface area contributed by atoms with Gasteiger partial charge in [0.2, 0.25) is 5.95 Å². The minimum atomic E-state index is 0.0969. The molecule has 2 aromatic heterocycles. The zero-order valence-electron chi connectivity index (χ0n) is 11.6. The number of rotatable bonds is 3. The summed E-state index contributed by atoms with van der Waals surface area (Å²) in [5.74, 6) is 1.03. The van der Waals surface area contributed by atoms with Gasteiger partial charge in [0.05, 0.1) is 6.20 Å². The lowest BCUT2D eigenvalue weighted by molar-refractivity contribution is 0.896. The fraction of sp³-hybridized carbons (Fsp3) is 0.143. The summed E-state index contributed by atoms with van der Waals surface area (Å²) in [5, 5.41) is 0. The highest BCUT2D eigenvalue weighted by Crippen LogP contribution is 2.19. The van der Waals surface area contributed by atoms with E-state index in [9.17, 15) is 0 Å². The Labute approximate surface area is 121 Å². The minimum absolute atomic E-state index is 0.0969. The maximum atomic E-state index is 5.83. The van der Waals surface area contributed by atoms with Crippen LogP contribution in [0.1, 0.15) is 5.56 Å². The molecular weight excluding hydrogens is 266 g/mol. The van der Waals surface area contributed by atoms with E-state index in [-0.39, 0.29) is 11.8 Å². The molecule has 0 aliphatic carbocycles. The SMILES string of the molecule is CN(Cc1ccccc1)c1cnc2nc(N)nc(N)c2n1. The summed E-state index contributed by atoms with van der Waals surface area (Å²) >= 11 is 0. The minimum Gasteiger partial charge on any atom is -0.382 e. The van der Waals surface area contributed by atoms with Gasteiger partial charge in [-0.2, -0.15) is 9.97 Å². The van der Waals surface area contributed by atoms with Crippen LogP contribution in [0.15, 0.2) is 36.5 Å². The smallest absolute Gasteiger partial charge is 0.224 e. The van der Waals surface area contributed by atoms with E-state index in [0.29, 0.717) is 17.0 Å². The van der Waals surface area contributed by atoms with Crippen LogP contribution >= 0.6 is 0 Å². The Hall–Kier alpha value is -2.96. The molecule has 3 rings (SSSR count). The van der Waals surface area contributed by atoms with Gasteiger partial charge < -0.3 is 16.4 Å². The van der Waals surface area contributed by atoms with Crippen LogP contribution < -0.4 is 16.4 Å². The van der Waals surface area contributed by atoms with Crippen molar-refractivity contribution < 1.29 is 0 Å².